The second-order valence-corrected chi connectivity index (χ2v) is 0. The van der Waals surface area contributed by atoms with Crippen molar-refractivity contribution in [2.75, 3.05) is 0 Å². The molecule has 0 bridgehead atoms. The number of hydrogen-bond acceptors (Lipinski definition) is 0. The van der Waals surface area contributed by atoms with E-state index in [-0.39, 0.29) is 116 Å². The molecule has 0 nitrogen and oxygen atoms in total. The Kier molecular flexibility index (Phi) is 101. The van der Waals surface area contributed by atoms with Crippen LogP contribution in [0, 0.1) is 0 Å². The Hall–Kier alpha value is 3.66. The second kappa shape index (κ2) is 15.9. The van der Waals surface area contributed by atoms with E-state index >= 15 is 0 Å². The third-order valence-electron chi connectivity index (χ3n) is 0. The van der Waals surface area contributed by atoms with E-state index in [4.69, 9.17) is 0 Å². The third kappa shape index (κ3) is 9.18. The predicted molar refractivity (Wildman–Crippen MR) is 17.9 cm³/mol. The summed E-state index contributed by atoms with van der Waals surface area (Å²) in [5.74, 6) is 0. The first-order valence-corrected chi connectivity index (χ1v) is 0. The molecule has 0 heterocycles. The van der Waals surface area contributed by atoms with E-state index < -0.39 is 0 Å². The van der Waals surface area contributed by atoms with E-state index in [1.54, 1.807) is 0 Å². The summed E-state index contributed by atoms with van der Waals surface area (Å²) in [5, 5.41) is 0. The molecule has 0 saturated carbocycles. The molecule has 4 heteroatoms. The minimum Gasteiger partial charge on any atom is -1.00 e. The monoisotopic (exact) mass is 399 g/mol. The molecule has 0 aliphatic heterocycles. The van der Waals surface area contributed by atoms with Crippen molar-refractivity contribution in [3.63, 3.8) is 0 Å². The Balaban J connectivity index is 0. The summed E-state index contributed by atoms with van der Waals surface area (Å²) in [6.45, 7) is 0. The van der Waals surface area contributed by atoms with Crippen LogP contribution in [0.4, 0.5) is 0 Å². The quantitative estimate of drug-likeness (QED) is 0.444. The molecule has 4 heavy (non-hydrogen) atoms. The summed E-state index contributed by atoms with van der Waals surface area (Å²) >= 11 is 0. The van der Waals surface area contributed by atoms with Gasteiger partial charge >= 0.3 is 48.9 Å². The maximum atomic E-state index is 0. The molecule has 0 unspecified atom stereocenters. The summed E-state index contributed by atoms with van der Waals surface area (Å²) in [4.78, 5) is 0. The SMILES string of the molecule is [AlH3].[Ba+2].[H-].[H-].[Sc].[W]. The molecule has 19 valence electrons. The van der Waals surface area contributed by atoms with E-state index in [0.29, 0.717) is 0 Å². The average molecular weight is 398 g/mol. The van der Waals surface area contributed by atoms with E-state index in [9.17, 15) is 0 Å². The zero-order valence-corrected chi connectivity index (χ0v) is 10.9. The van der Waals surface area contributed by atoms with Gasteiger partial charge in [-0.2, -0.15) is 0 Å². The third-order valence-corrected chi connectivity index (χ3v) is 0. The summed E-state index contributed by atoms with van der Waals surface area (Å²) in [7, 11) is 0. The van der Waals surface area contributed by atoms with Gasteiger partial charge in [0.2, 0.25) is 0 Å². The minimum atomic E-state index is 0. The molecule has 0 aliphatic carbocycles. The maximum Gasteiger partial charge on any atom is 2.00 e. The van der Waals surface area contributed by atoms with Gasteiger partial charge in [0.25, 0.3) is 0 Å². The molecule has 0 atom stereocenters. The summed E-state index contributed by atoms with van der Waals surface area (Å²) in [6.07, 6.45) is 0. The number of hydrogen-bond donors (Lipinski definition) is 0. The fourth-order valence-corrected chi connectivity index (χ4v) is 0. The Bertz CT molecular complexity index is 13.5. The Morgan fingerprint density at radius 1 is 1.25 bits per heavy atom. The molecule has 0 spiro atoms. The van der Waals surface area contributed by atoms with Crippen molar-refractivity contribution in [3.8, 4) is 0 Å². The summed E-state index contributed by atoms with van der Waals surface area (Å²) in [6, 6.07) is 0. The van der Waals surface area contributed by atoms with Gasteiger partial charge < -0.3 is 2.85 Å². The van der Waals surface area contributed by atoms with Gasteiger partial charge in [-0.3, -0.25) is 0 Å². The van der Waals surface area contributed by atoms with Gasteiger partial charge in [0, 0.05) is 46.9 Å². The predicted octanol–water partition coefficient (Wildman–Crippen LogP) is -1.34. The van der Waals surface area contributed by atoms with E-state index in [1.807, 2.05) is 0 Å². The number of rotatable bonds is 0. The molecule has 0 saturated heterocycles. The van der Waals surface area contributed by atoms with Crippen LogP contribution in [0.3, 0.4) is 0 Å². The molecular formula is H5AlBaScW. The van der Waals surface area contributed by atoms with Crippen molar-refractivity contribution < 1.29 is 49.8 Å². The molecule has 0 amide bonds. The van der Waals surface area contributed by atoms with Gasteiger partial charge in [-0.05, 0) is 0 Å². The maximum absolute atomic E-state index is 0. The molecule has 0 aliphatic rings. The smallest absolute Gasteiger partial charge is 1.00 e. The molecule has 0 aromatic rings. The molecule has 1 radical (unpaired) electrons. The fraction of sp³-hybridized carbons (Fsp3) is 0. The van der Waals surface area contributed by atoms with Crippen LogP contribution in [0.1, 0.15) is 2.85 Å². The normalized spacial score (nSPS) is 0. The van der Waals surface area contributed by atoms with Crippen molar-refractivity contribution in [1.82, 2.24) is 0 Å². The molecular weight excluding hydrogens is 393 g/mol. The van der Waals surface area contributed by atoms with Crippen molar-refractivity contribution in [2.45, 2.75) is 0 Å². The molecule has 0 aromatic heterocycles. The second-order valence-electron chi connectivity index (χ2n) is 0. The van der Waals surface area contributed by atoms with Crippen LogP contribution in [0.2, 0.25) is 0 Å². The molecule has 0 N–H and O–H groups in total. The van der Waals surface area contributed by atoms with Crippen molar-refractivity contribution in [1.29, 1.82) is 0 Å². The van der Waals surface area contributed by atoms with Crippen LogP contribution < -0.4 is 0 Å². The first kappa shape index (κ1) is 25.4. The van der Waals surface area contributed by atoms with Crippen LogP contribution in [-0.2, 0) is 46.9 Å². The van der Waals surface area contributed by atoms with Gasteiger partial charge in [-0.25, -0.2) is 0 Å². The zero-order valence-electron chi connectivity index (χ0n) is 3.69. The molecule has 0 rings (SSSR count). The Morgan fingerprint density at radius 3 is 1.25 bits per heavy atom. The van der Waals surface area contributed by atoms with Crippen LogP contribution in [-0.4, -0.2) is 66.2 Å². The first-order chi connectivity index (χ1) is 0. The Labute approximate surface area is 113 Å². The Morgan fingerprint density at radius 2 is 1.25 bits per heavy atom. The largest absolute Gasteiger partial charge is 2.00 e. The van der Waals surface area contributed by atoms with Gasteiger partial charge in [0.15, 0.2) is 17.4 Å². The topological polar surface area (TPSA) is 0 Å². The van der Waals surface area contributed by atoms with E-state index in [2.05, 4.69) is 0 Å². The minimum absolute atomic E-state index is 0. The van der Waals surface area contributed by atoms with Crippen LogP contribution in [0.25, 0.3) is 0 Å². The van der Waals surface area contributed by atoms with Crippen LogP contribution >= 0.6 is 0 Å². The van der Waals surface area contributed by atoms with Gasteiger partial charge in [-0.15, -0.1) is 0 Å². The van der Waals surface area contributed by atoms with Crippen molar-refractivity contribution in [2.24, 2.45) is 0 Å². The first-order valence-electron chi connectivity index (χ1n) is 0. The van der Waals surface area contributed by atoms with Crippen molar-refractivity contribution >= 4 is 66.2 Å². The van der Waals surface area contributed by atoms with E-state index in [0.717, 1.165) is 0 Å². The van der Waals surface area contributed by atoms with Gasteiger partial charge in [-0.1, -0.05) is 0 Å². The summed E-state index contributed by atoms with van der Waals surface area (Å²) < 4.78 is 0. The van der Waals surface area contributed by atoms with Crippen LogP contribution in [0.15, 0.2) is 0 Å². The fourth-order valence-electron chi connectivity index (χ4n) is 0. The van der Waals surface area contributed by atoms with E-state index in [1.165, 1.54) is 0 Å². The average Bonchev–Trinajstić information content (AvgIpc) is 0. The molecule has 0 fully saturated rings. The van der Waals surface area contributed by atoms with Gasteiger partial charge in [0.1, 0.15) is 0 Å². The zero-order chi connectivity index (χ0) is 0. The van der Waals surface area contributed by atoms with Gasteiger partial charge in [0.05, 0.1) is 0 Å². The summed E-state index contributed by atoms with van der Waals surface area (Å²) in [5.41, 5.74) is 0. The molecule has 0 aromatic carbocycles. The van der Waals surface area contributed by atoms with Crippen molar-refractivity contribution in [3.05, 3.63) is 0 Å². The van der Waals surface area contributed by atoms with Crippen LogP contribution in [0.5, 0.6) is 0 Å². The standard InChI is InChI=1S/Al.Ba.Sc.W.5H/q;+2;;;;;;2*-1.